The summed E-state index contributed by atoms with van der Waals surface area (Å²) >= 11 is 0.567. The number of carbonyl (C=O) groups excluding carboxylic acids is 4. The van der Waals surface area contributed by atoms with E-state index in [1.54, 1.807) is 51.1 Å². The Morgan fingerprint density at radius 2 is 1.76 bits per heavy atom. The molecule has 1 fully saturated rings. The van der Waals surface area contributed by atoms with Crippen molar-refractivity contribution in [2.24, 2.45) is 0 Å². The molecule has 0 radical (unpaired) electrons. The zero-order chi connectivity index (χ0) is 27.3. The van der Waals surface area contributed by atoms with Gasteiger partial charge in [-0.3, -0.25) is 29.4 Å². The Kier molecular flexibility index (Phi) is 8.50. The molecule has 3 rings (SSSR count). The Morgan fingerprint density at radius 1 is 1.14 bits per heavy atom. The van der Waals surface area contributed by atoms with E-state index in [0.29, 0.717) is 17.5 Å². The monoisotopic (exact) mass is 531 g/mol. The lowest BCUT2D eigenvalue weighted by atomic mass is 10.1. The Morgan fingerprint density at radius 3 is 2.32 bits per heavy atom. The van der Waals surface area contributed by atoms with Crippen LogP contribution in [0.25, 0.3) is 0 Å². The second-order valence-electron chi connectivity index (χ2n) is 8.90. The largest absolute Gasteiger partial charge is 0.484 e. The third-order valence-electron chi connectivity index (χ3n) is 4.93. The first-order valence-electron chi connectivity index (χ1n) is 11.0. The minimum absolute atomic E-state index is 0.0825. The van der Waals surface area contributed by atoms with Gasteiger partial charge in [-0.25, -0.2) is 4.79 Å². The number of para-hydroxylation sites is 1. The van der Waals surface area contributed by atoms with Gasteiger partial charge in [-0.1, -0.05) is 30.0 Å². The van der Waals surface area contributed by atoms with Crippen molar-refractivity contribution < 1.29 is 38.7 Å². The number of benzene rings is 2. The molecule has 0 spiro atoms. The van der Waals surface area contributed by atoms with Crippen LogP contribution in [-0.4, -0.2) is 67.7 Å². The molecule has 2 amide bonds. The minimum atomic E-state index is -2.03. The Hall–Kier alpha value is -3.97. The second-order valence-corrected chi connectivity index (χ2v) is 9.99. The smallest absolute Gasteiger partial charge is 0.357 e. The van der Waals surface area contributed by atoms with Gasteiger partial charge in [0.15, 0.2) is 6.61 Å². The maximum atomic E-state index is 12.9. The number of nitro groups is 1. The number of carbonyl (C=O) groups is 4. The van der Waals surface area contributed by atoms with Crippen molar-refractivity contribution in [1.82, 2.24) is 10.2 Å². The van der Waals surface area contributed by atoms with Crippen molar-refractivity contribution in [3.8, 4) is 5.75 Å². The lowest BCUT2D eigenvalue weighted by molar-refractivity contribution is -0.384. The van der Waals surface area contributed by atoms with Crippen LogP contribution in [0.2, 0.25) is 0 Å². The van der Waals surface area contributed by atoms with Gasteiger partial charge in [-0.15, -0.1) is 0 Å². The molecule has 0 aromatic heterocycles. The van der Waals surface area contributed by atoms with E-state index in [9.17, 15) is 34.4 Å². The van der Waals surface area contributed by atoms with Gasteiger partial charge in [-0.05, 0) is 45.0 Å². The van der Waals surface area contributed by atoms with Gasteiger partial charge in [0.1, 0.15) is 22.8 Å². The number of amides is 2. The summed E-state index contributed by atoms with van der Waals surface area (Å²) in [4.78, 5) is 61.5. The van der Waals surface area contributed by atoms with Gasteiger partial charge in [0.25, 0.3) is 17.5 Å². The van der Waals surface area contributed by atoms with Crippen molar-refractivity contribution in [3.05, 3.63) is 70.3 Å². The quantitative estimate of drug-likeness (QED) is 0.211. The highest BCUT2D eigenvalue weighted by Gasteiger charge is 2.54. The maximum Gasteiger partial charge on any atom is 0.357 e. The molecule has 0 bridgehead atoms. The van der Waals surface area contributed by atoms with Gasteiger partial charge in [0.2, 0.25) is 11.3 Å². The fourth-order valence-electron chi connectivity index (χ4n) is 3.25. The van der Waals surface area contributed by atoms with Crippen LogP contribution in [-0.2, 0) is 19.1 Å². The number of nitrogens with one attached hydrogen (secondary N) is 1. The Balaban J connectivity index is 1.75. The average Bonchev–Trinajstić information content (AvgIpc) is 2.85. The number of aliphatic hydroxyl groups excluding tert-OH is 1. The minimum Gasteiger partial charge on any atom is -0.484 e. The van der Waals surface area contributed by atoms with Crippen LogP contribution in [0.1, 0.15) is 31.1 Å². The summed E-state index contributed by atoms with van der Waals surface area (Å²) in [5.41, 5.74) is -1.09. The van der Waals surface area contributed by atoms with E-state index in [1.807, 2.05) is 0 Å². The molecule has 3 atom stereocenters. The summed E-state index contributed by atoms with van der Waals surface area (Å²) in [5.74, 6) is -2.15. The van der Waals surface area contributed by atoms with Crippen molar-refractivity contribution >= 4 is 40.3 Å². The molecule has 1 saturated heterocycles. The van der Waals surface area contributed by atoms with Crippen LogP contribution in [0.3, 0.4) is 0 Å². The number of nitrogens with zero attached hydrogens (tertiary/aromatic N) is 2. The number of aliphatic hydroxyl groups is 1. The summed E-state index contributed by atoms with van der Waals surface area (Å²) in [6.07, 6.45) is -2.03. The highest BCUT2D eigenvalue weighted by Crippen LogP contribution is 2.34. The highest BCUT2D eigenvalue weighted by molar-refractivity contribution is 8.14. The summed E-state index contributed by atoms with van der Waals surface area (Å²) < 4.78 is 10.5. The van der Waals surface area contributed by atoms with Crippen molar-refractivity contribution in [1.29, 1.82) is 0 Å². The van der Waals surface area contributed by atoms with Gasteiger partial charge >= 0.3 is 5.97 Å². The summed E-state index contributed by atoms with van der Waals surface area (Å²) in [5, 5.41) is 22.1. The SMILES string of the molecule is CC(C)(C)OC(=O)C(O)N1C(=O)[C@H](NC(=O)COc2ccccc2)[C@@H]1SC(=O)c1ccc([N+](=O)[O-])cc1. The second kappa shape index (κ2) is 11.4. The molecule has 1 aliphatic rings. The molecule has 1 aliphatic heterocycles. The first-order valence-corrected chi connectivity index (χ1v) is 11.9. The van der Waals surface area contributed by atoms with Crippen LogP contribution in [0.4, 0.5) is 5.69 Å². The fourth-order valence-corrected chi connectivity index (χ4v) is 4.39. The zero-order valence-corrected chi connectivity index (χ0v) is 21.0. The van der Waals surface area contributed by atoms with E-state index in [0.717, 1.165) is 17.0 Å². The van der Waals surface area contributed by atoms with Crippen molar-refractivity contribution in [3.63, 3.8) is 0 Å². The first-order chi connectivity index (χ1) is 17.4. The number of nitro benzene ring substituents is 1. The van der Waals surface area contributed by atoms with Gasteiger partial charge in [0.05, 0.1) is 4.92 Å². The number of rotatable bonds is 9. The predicted octanol–water partition coefficient (Wildman–Crippen LogP) is 1.86. The van der Waals surface area contributed by atoms with E-state index >= 15 is 0 Å². The molecular weight excluding hydrogens is 506 g/mol. The number of non-ortho nitro benzene ring substituents is 1. The molecule has 1 heterocycles. The van der Waals surface area contributed by atoms with Crippen LogP contribution in [0, 0.1) is 10.1 Å². The molecule has 12 nitrogen and oxygen atoms in total. The number of hydrogen-bond acceptors (Lipinski definition) is 10. The number of ether oxygens (including phenoxy) is 2. The topological polar surface area (TPSA) is 165 Å². The first kappa shape index (κ1) is 27.6. The Bertz CT molecular complexity index is 1180. The predicted molar refractivity (Wildman–Crippen MR) is 131 cm³/mol. The Labute approximate surface area is 216 Å². The molecule has 2 N–H and O–H groups in total. The van der Waals surface area contributed by atoms with Crippen LogP contribution < -0.4 is 10.1 Å². The molecule has 2 aromatic carbocycles. The average molecular weight is 532 g/mol. The molecule has 196 valence electrons. The molecule has 1 unspecified atom stereocenters. The molecule has 0 saturated carbocycles. The third kappa shape index (κ3) is 7.05. The fraction of sp³-hybridized carbons (Fsp3) is 0.333. The summed E-state index contributed by atoms with van der Waals surface area (Å²) in [6, 6.07) is 12.0. The molecule has 0 aliphatic carbocycles. The van der Waals surface area contributed by atoms with E-state index in [4.69, 9.17) is 9.47 Å². The van der Waals surface area contributed by atoms with E-state index in [1.165, 1.54) is 12.1 Å². The van der Waals surface area contributed by atoms with Gasteiger partial charge < -0.3 is 19.9 Å². The molecule has 13 heteroatoms. The lowest BCUT2D eigenvalue weighted by Crippen LogP contribution is -2.73. The van der Waals surface area contributed by atoms with E-state index < -0.39 is 57.7 Å². The molecule has 2 aromatic rings. The standard InChI is InChI=1S/C24H25N3O9S/c1-24(2,3)36-22(31)20(30)26-19(29)18(25-17(28)13-35-16-7-5-4-6-8-16)21(26)37-23(32)14-9-11-15(12-10-14)27(33)34/h4-12,18,20-21,30H,13H2,1-3H3,(H,25,28)/t18-,20?,21-/m0/s1. The number of esters is 1. The number of likely N-dealkylation sites (tertiary alicyclic amines) is 1. The van der Waals surface area contributed by atoms with Gasteiger partial charge in [0, 0.05) is 17.7 Å². The van der Waals surface area contributed by atoms with Crippen LogP contribution in [0.5, 0.6) is 5.75 Å². The van der Waals surface area contributed by atoms with E-state index in [-0.39, 0.29) is 11.3 Å². The van der Waals surface area contributed by atoms with Crippen LogP contribution >= 0.6 is 11.8 Å². The number of hydrogen-bond donors (Lipinski definition) is 2. The molecule has 37 heavy (non-hydrogen) atoms. The molecular formula is C24H25N3O9S. The van der Waals surface area contributed by atoms with Gasteiger partial charge in [-0.2, -0.15) is 0 Å². The maximum absolute atomic E-state index is 12.9. The zero-order valence-electron chi connectivity index (χ0n) is 20.2. The summed E-state index contributed by atoms with van der Waals surface area (Å²) in [7, 11) is 0. The normalized spacial score (nSPS) is 17.8. The highest BCUT2D eigenvalue weighted by atomic mass is 32.2. The van der Waals surface area contributed by atoms with E-state index in [2.05, 4.69) is 5.32 Å². The van der Waals surface area contributed by atoms with Crippen molar-refractivity contribution in [2.45, 2.75) is 44.0 Å². The lowest BCUT2D eigenvalue weighted by Gasteiger charge is -2.47. The number of thioether (sulfide) groups is 1. The van der Waals surface area contributed by atoms with Crippen molar-refractivity contribution in [2.75, 3.05) is 6.61 Å². The third-order valence-corrected chi connectivity index (χ3v) is 6.12. The number of β-lactam (4-membered cyclic amide) rings is 1. The summed E-state index contributed by atoms with van der Waals surface area (Å²) in [6.45, 7) is 4.32. The van der Waals surface area contributed by atoms with Crippen LogP contribution in [0.15, 0.2) is 54.6 Å².